The Balaban J connectivity index is 1.74. The maximum absolute atomic E-state index is 13.2. The van der Waals surface area contributed by atoms with E-state index in [1.54, 1.807) is 41.5 Å². The standard InChI is InChI=1S/C23H24Cl2N4O3/c1-3-10-28(23(31)26-17-8-9-20(24)21(25)13-17)16-22(30)29(15-19-7-5-12-32-19)14-18-6-4-11-27(18)2/h3-9,11-13H,1,10,14-16H2,2H3,(H,26,31). The summed E-state index contributed by atoms with van der Waals surface area (Å²) in [5, 5.41) is 3.45. The fraction of sp³-hybridized carbons (Fsp3) is 0.217. The minimum atomic E-state index is -0.451. The van der Waals surface area contributed by atoms with E-state index in [1.165, 1.54) is 4.90 Å². The third-order valence-corrected chi connectivity index (χ3v) is 5.56. The van der Waals surface area contributed by atoms with Crippen molar-refractivity contribution in [1.29, 1.82) is 0 Å². The molecule has 1 N–H and O–H groups in total. The Bertz CT molecular complexity index is 1080. The van der Waals surface area contributed by atoms with Crippen LogP contribution < -0.4 is 5.32 Å². The average molecular weight is 475 g/mol. The van der Waals surface area contributed by atoms with Crippen molar-refractivity contribution in [2.75, 3.05) is 18.4 Å². The molecule has 0 unspecified atom stereocenters. The number of hydrogen-bond donors (Lipinski definition) is 1. The lowest BCUT2D eigenvalue weighted by molar-refractivity contribution is -0.133. The number of aryl methyl sites for hydroxylation is 1. The van der Waals surface area contributed by atoms with Crippen molar-refractivity contribution in [3.05, 3.63) is 89.1 Å². The topological polar surface area (TPSA) is 70.7 Å². The monoisotopic (exact) mass is 474 g/mol. The van der Waals surface area contributed by atoms with Gasteiger partial charge in [-0.15, -0.1) is 6.58 Å². The van der Waals surface area contributed by atoms with Gasteiger partial charge >= 0.3 is 6.03 Å². The Morgan fingerprint density at radius 1 is 1.12 bits per heavy atom. The molecule has 168 valence electrons. The number of furan rings is 1. The lowest BCUT2D eigenvalue weighted by atomic mass is 10.3. The van der Waals surface area contributed by atoms with Crippen molar-refractivity contribution in [2.24, 2.45) is 7.05 Å². The summed E-state index contributed by atoms with van der Waals surface area (Å²) in [5.74, 6) is 0.428. The first kappa shape index (κ1) is 23.5. The van der Waals surface area contributed by atoms with E-state index in [2.05, 4.69) is 11.9 Å². The number of amides is 3. The summed E-state index contributed by atoms with van der Waals surface area (Å²) in [5.41, 5.74) is 1.43. The van der Waals surface area contributed by atoms with Crippen LogP contribution in [0.4, 0.5) is 10.5 Å². The smallest absolute Gasteiger partial charge is 0.322 e. The molecule has 3 amide bonds. The maximum atomic E-state index is 13.2. The molecule has 7 nitrogen and oxygen atoms in total. The van der Waals surface area contributed by atoms with Crippen molar-refractivity contribution < 1.29 is 14.0 Å². The van der Waals surface area contributed by atoms with Gasteiger partial charge in [0.25, 0.3) is 0 Å². The van der Waals surface area contributed by atoms with Crippen LogP contribution in [0, 0.1) is 0 Å². The first-order valence-corrected chi connectivity index (χ1v) is 10.6. The number of halogens is 2. The lowest BCUT2D eigenvalue weighted by Gasteiger charge is -2.27. The molecule has 0 saturated carbocycles. The van der Waals surface area contributed by atoms with Gasteiger partial charge in [-0.2, -0.15) is 0 Å². The molecule has 0 aliphatic rings. The van der Waals surface area contributed by atoms with Gasteiger partial charge in [0.2, 0.25) is 5.91 Å². The third kappa shape index (κ3) is 6.18. The zero-order valence-corrected chi connectivity index (χ0v) is 19.1. The molecule has 0 radical (unpaired) electrons. The van der Waals surface area contributed by atoms with E-state index in [0.717, 1.165) is 5.69 Å². The highest BCUT2D eigenvalue weighted by Crippen LogP contribution is 2.25. The highest BCUT2D eigenvalue weighted by Gasteiger charge is 2.22. The molecule has 2 aromatic heterocycles. The van der Waals surface area contributed by atoms with Crippen LogP contribution in [-0.2, 0) is 24.9 Å². The highest BCUT2D eigenvalue weighted by atomic mass is 35.5. The quantitative estimate of drug-likeness (QED) is 0.434. The minimum absolute atomic E-state index is 0.135. The molecule has 32 heavy (non-hydrogen) atoms. The number of aromatic nitrogens is 1. The normalized spacial score (nSPS) is 10.6. The summed E-state index contributed by atoms with van der Waals surface area (Å²) in [4.78, 5) is 29.1. The van der Waals surface area contributed by atoms with E-state index >= 15 is 0 Å². The van der Waals surface area contributed by atoms with Gasteiger partial charge in [-0.25, -0.2) is 4.79 Å². The summed E-state index contributed by atoms with van der Waals surface area (Å²) in [6, 6.07) is 11.8. The van der Waals surface area contributed by atoms with E-state index in [1.807, 2.05) is 36.0 Å². The molecule has 0 aliphatic carbocycles. The number of carbonyl (C=O) groups is 2. The third-order valence-electron chi connectivity index (χ3n) is 4.82. The van der Waals surface area contributed by atoms with Gasteiger partial charge in [-0.3, -0.25) is 4.79 Å². The van der Waals surface area contributed by atoms with E-state index in [4.69, 9.17) is 27.6 Å². The summed E-state index contributed by atoms with van der Waals surface area (Å²) in [6.45, 7) is 4.41. The number of carbonyl (C=O) groups excluding carboxylic acids is 2. The molecule has 0 bridgehead atoms. The second kappa shape index (κ2) is 10.9. The molecule has 0 fully saturated rings. The molecule has 9 heteroatoms. The molecule has 2 heterocycles. The number of urea groups is 1. The van der Waals surface area contributed by atoms with Crippen LogP contribution in [0.1, 0.15) is 11.5 Å². The van der Waals surface area contributed by atoms with Crippen molar-refractivity contribution in [3.8, 4) is 0 Å². The summed E-state index contributed by atoms with van der Waals surface area (Å²) in [7, 11) is 1.92. The van der Waals surface area contributed by atoms with Crippen molar-refractivity contribution in [1.82, 2.24) is 14.4 Å². The number of anilines is 1. The molecule has 0 atom stereocenters. The Morgan fingerprint density at radius 3 is 2.56 bits per heavy atom. The summed E-state index contributed by atoms with van der Waals surface area (Å²) >= 11 is 12.0. The van der Waals surface area contributed by atoms with Gasteiger partial charge in [0.05, 0.1) is 29.4 Å². The Labute approximate surface area is 196 Å². The van der Waals surface area contributed by atoms with Gasteiger partial charge in [0.1, 0.15) is 12.3 Å². The predicted molar refractivity (Wildman–Crippen MR) is 126 cm³/mol. The number of hydrogen-bond acceptors (Lipinski definition) is 3. The molecule has 0 aliphatic heterocycles. The van der Waals surface area contributed by atoms with Crippen molar-refractivity contribution >= 4 is 40.8 Å². The van der Waals surface area contributed by atoms with E-state index in [-0.39, 0.29) is 25.5 Å². The van der Waals surface area contributed by atoms with Crippen LogP contribution in [0.5, 0.6) is 0 Å². The Hall–Kier alpha value is -3.16. The van der Waals surface area contributed by atoms with Gasteiger partial charge in [-0.1, -0.05) is 29.3 Å². The van der Waals surface area contributed by atoms with Gasteiger partial charge < -0.3 is 24.1 Å². The second-order valence-electron chi connectivity index (χ2n) is 7.17. The molecule has 0 spiro atoms. The van der Waals surface area contributed by atoms with Gasteiger partial charge in [-0.05, 0) is 42.5 Å². The molecule has 1 aromatic carbocycles. The van der Waals surface area contributed by atoms with Gasteiger partial charge in [0.15, 0.2) is 0 Å². The van der Waals surface area contributed by atoms with Crippen LogP contribution in [0.15, 0.2) is 72.0 Å². The predicted octanol–water partition coefficient (Wildman–Crippen LogP) is 5.17. The van der Waals surface area contributed by atoms with E-state index in [9.17, 15) is 9.59 Å². The molecule has 0 saturated heterocycles. The van der Waals surface area contributed by atoms with E-state index < -0.39 is 6.03 Å². The van der Waals surface area contributed by atoms with Crippen LogP contribution in [0.3, 0.4) is 0 Å². The summed E-state index contributed by atoms with van der Waals surface area (Å²) < 4.78 is 7.38. The number of nitrogens with one attached hydrogen (secondary N) is 1. The fourth-order valence-electron chi connectivity index (χ4n) is 3.09. The summed E-state index contributed by atoms with van der Waals surface area (Å²) in [6.07, 6.45) is 5.05. The van der Waals surface area contributed by atoms with Crippen LogP contribution in [-0.4, -0.2) is 39.4 Å². The van der Waals surface area contributed by atoms with Crippen LogP contribution >= 0.6 is 23.2 Å². The number of nitrogens with zero attached hydrogens (tertiary/aromatic N) is 3. The van der Waals surface area contributed by atoms with Crippen molar-refractivity contribution in [3.63, 3.8) is 0 Å². The van der Waals surface area contributed by atoms with Gasteiger partial charge in [0, 0.05) is 31.2 Å². The lowest BCUT2D eigenvalue weighted by Crippen LogP contribution is -2.44. The first-order valence-electron chi connectivity index (χ1n) is 9.89. The largest absolute Gasteiger partial charge is 0.467 e. The first-order chi connectivity index (χ1) is 15.4. The second-order valence-corrected chi connectivity index (χ2v) is 7.98. The maximum Gasteiger partial charge on any atom is 0.322 e. The van der Waals surface area contributed by atoms with Crippen LogP contribution in [0.25, 0.3) is 0 Å². The molecule has 3 rings (SSSR count). The minimum Gasteiger partial charge on any atom is -0.467 e. The van der Waals surface area contributed by atoms with Crippen LogP contribution in [0.2, 0.25) is 10.0 Å². The molecular formula is C23H24Cl2N4O3. The number of benzene rings is 1. The Morgan fingerprint density at radius 2 is 1.94 bits per heavy atom. The Kier molecular flexibility index (Phi) is 8.03. The SMILES string of the molecule is C=CCN(CC(=O)N(Cc1ccco1)Cc1cccn1C)C(=O)Nc1ccc(Cl)c(Cl)c1. The zero-order valence-electron chi connectivity index (χ0n) is 17.6. The average Bonchev–Trinajstić information content (AvgIpc) is 3.42. The molecule has 3 aromatic rings. The molecular weight excluding hydrogens is 451 g/mol. The fourth-order valence-corrected chi connectivity index (χ4v) is 3.39. The zero-order chi connectivity index (χ0) is 23.1. The van der Waals surface area contributed by atoms with Crippen molar-refractivity contribution in [2.45, 2.75) is 13.1 Å². The number of rotatable bonds is 9. The highest BCUT2D eigenvalue weighted by molar-refractivity contribution is 6.42. The van der Waals surface area contributed by atoms with E-state index in [0.29, 0.717) is 28.0 Å².